The maximum Gasteiger partial charge on any atom is 0.322 e. The van der Waals surface area contributed by atoms with Crippen LogP contribution in [0.2, 0.25) is 5.15 Å². The van der Waals surface area contributed by atoms with Gasteiger partial charge >= 0.3 is 5.97 Å². The van der Waals surface area contributed by atoms with Crippen molar-refractivity contribution in [3.8, 4) is 5.75 Å². The fourth-order valence-electron chi connectivity index (χ4n) is 2.38. The van der Waals surface area contributed by atoms with E-state index in [-0.39, 0.29) is 16.6 Å². The number of aliphatic carboxylic acids is 1. The zero-order valence-corrected chi connectivity index (χ0v) is 14.8. The van der Waals surface area contributed by atoms with Gasteiger partial charge < -0.3 is 15.5 Å². The molecule has 8 heteroatoms. The number of carbonyl (C=O) groups excluding carboxylic acids is 1. The number of phenolic OH excluding ortho intramolecular Hbond substituents is 1. The second kappa shape index (κ2) is 7.63. The number of carboxylic acid groups (broad SMARTS) is 1. The SMILES string of the molecule is O=C(O)CNC(=O)c1nc(Cl)c2cccc(O)c2c1Sc1ccccc1. The summed E-state index contributed by atoms with van der Waals surface area (Å²) < 4.78 is 0. The summed E-state index contributed by atoms with van der Waals surface area (Å²) in [7, 11) is 0. The monoisotopic (exact) mass is 388 g/mol. The number of hydrogen-bond acceptors (Lipinski definition) is 5. The molecule has 1 amide bonds. The lowest BCUT2D eigenvalue weighted by molar-refractivity contribution is -0.135. The summed E-state index contributed by atoms with van der Waals surface area (Å²) in [4.78, 5) is 28.6. The molecule has 26 heavy (non-hydrogen) atoms. The molecule has 0 spiro atoms. The summed E-state index contributed by atoms with van der Waals surface area (Å²) in [6, 6.07) is 14.1. The van der Waals surface area contributed by atoms with E-state index in [1.807, 2.05) is 30.3 Å². The summed E-state index contributed by atoms with van der Waals surface area (Å²) >= 11 is 7.43. The molecule has 3 rings (SSSR count). The van der Waals surface area contributed by atoms with Crippen LogP contribution in [0.1, 0.15) is 10.5 Å². The number of aromatic hydroxyl groups is 1. The summed E-state index contributed by atoms with van der Waals surface area (Å²) in [5.41, 5.74) is -0.0425. The number of phenols is 1. The average Bonchev–Trinajstić information content (AvgIpc) is 2.63. The number of hydrogen-bond donors (Lipinski definition) is 3. The van der Waals surface area contributed by atoms with Gasteiger partial charge in [0.05, 0.1) is 4.90 Å². The highest BCUT2D eigenvalue weighted by molar-refractivity contribution is 7.99. The first-order chi connectivity index (χ1) is 12.5. The number of amides is 1. The number of halogens is 1. The number of carboxylic acids is 1. The first kappa shape index (κ1) is 18.0. The van der Waals surface area contributed by atoms with Crippen LogP contribution in [0.3, 0.4) is 0 Å². The van der Waals surface area contributed by atoms with Crippen LogP contribution in [0, 0.1) is 0 Å². The minimum absolute atomic E-state index is 0.0425. The van der Waals surface area contributed by atoms with E-state index in [4.69, 9.17) is 16.7 Å². The van der Waals surface area contributed by atoms with Crippen molar-refractivity contribution in [3.05, 3.63) is 59.4 Å². The van der Waals surface area contributed by atoms with Crippen LogP contribution in [-0.4, -0.2) is 33.6 Å². The number of aromatic nitrogens is 1. The van der Waals surface area contributed by atoms with Crippen molar-refractivity contribution >= 4 is 46.0 Å². The summed E-state index contributed by atoms with van der Waals surface area (Å²) in [5, 5.41) is 22.4. The fraction of sp³-hybridized carbons (Fsp3) is 0.0556. The van der Waals surface area contributed by atoms with Gasteiger partial charge in [0.1, 0.15) is 23.1 Å². The summed E-state index contributed by atoms with van der Waals surface area (Å²) in [5.74, 6) is -1.90. The van der Waals surface area contributed by atoms with Gasteiger partial charge in [0.25, 0.3) is 5.91 Å². The molecule has 0 radical (unpaired) electrons. The lowest BCUT2D eigenvalue weighted by Gasteiger charge is -2.14. The quantitative estimate of drug-likeness (QED) is 0.578. The van der Waals surface area contributed by atoms with Crippen LogP contribution in [0.5, 0.6) is 5.75 Å². The molecule has 0 unspecified atom stereocenters. The Hall–Kier alpha value is -2.77. The Morgan fingerprint density at radius 1 is 1.12 bits per heavy atom. The minimum atomic E-state index is -1.18. The Kier molecular flexibility index (Phi) is 5.29. The molecule has 3 N–H and O–H groups in total. The lowest BCUT2D eigenvalue weighted by atomic mass is 10.1. The third kappa shape index (κ3) is 3.74. The van der Waals surface area contributed by atoms with Crippen LogP contribution >= 0.6 is 23.4 Å². The van der Waals surface area contributed by atoms with Gasteiger partial charge in [-0.05, 0) is 18.2 Å². The molecule has 0 saturated carbocycles. The number of pyridine rings is 1. The topological polar surface area (TPSA) is 99.5 Å². The van der Waals surface area contributed by atoms with Crippen LogP contribution < -0.4 is 5.32 Å². The Labute approximate surface area is 157 Å². The second-order valence-electron chi connectivity index (χ2n) is 5.27. The maximum atomic E-state index is 12.5. The van der Waals surface area contributed by atoms with E-state index in [0.717, 1.165) is 4.90 Å². The highest BCUT2D eigenvalue weighted by Crippen LogP contribution is 2.41. The van der Waals surface area contributed by atoms with E-state index < -0.39 is 18.4 Å². The number of fused-ring (bicyclic) bond motifs is 1. The maximum absolute atomic E-state index is 12.5. The molecule has 2 aromatic carbocycles. The number of nitrogens with zero attached hydrogens (tertiary/aromatic N) is 1. The normalized spacial score (nSPS) is 10.7. The highest BCUT2D eigenvalue weighted by atomic mass is 35.5. The molecule has 0 aliphatic carbocycles. The average molecular weight is 389 g/mol. The van der Waals surface area contributed by atoms with Gasteiger partial charge in [-0.3, -0.25) is 9.59 Å². The van der Waals surface area contributed by atoms with E-state index in [1.54, 1.807) is 12.1 Å². The zero-order chi connectivity index (χ0) is 18.7. The third-order valence-corrected chi connectivity index (χ3v) is 4.89. The summed E-state index contributed by atoms with van der Waals surface area (Å²) in [6.45, 7) is -0.549. The first-order valence-corrected chi connectivity index (χ1v) is 8.71. The molecular formula is C18H13ClN2O4S. The van der Waals surface area contributed by atoms with E-state index >= 15 is 0 Å². The number of rotatable bonds is 5. The molecule has 0 aliphatic heterocycles. The number of nitrogens with one attached hydrogen (secondary N) is 1. The molecule has 0 fully saturated rings. The first-order valence-electron chi connectivity index (χ1n) is 7.51. The van der Waals surface area contributed by atoms with Gasteiger partial charge in [-0.2, -0.15) is 0 Å². The third-order valence-electron chi connectivity index (χ3n) is 3.50. The van der Waals surface area contributed by atoms with Crippen molar-refractivity contribution in [1.82, 2.24) is 10.3 Å². The fourth-order valence-corrected chi connectivity index (χ4v) is 3.70. The molecule has 1 heterocycles. The molecule has 1 aromatic heterocycles. The number of carbonyl (C=O) groups is 2. The van der Waals surface area contributed by atoms with Gasteiger partial charge in [-0.25, -0.2) is 4.98 Å². The molecule has 0 aliphatic rings. The second-order valence-corrected chi connectivity index (χ2v) is 6.71. The number of benzene rings is 2. The van der Waals surface area contributed by atoms with Crippen LogP contribution in [0.4, 0.5) is 0 Å². The smallest absolute Gasteiger partial charge is 0.322 e. The molecule has 6 nitrogen and oxygen atoms in total. The van der Waals surface area contributed by atoms with Gasteiger partial charge in [0.2, 0.25) is 0 Å². The zero-order valence-electron chi connectivity index (χ0n) is 13.3. The molecule has 132 valence electrons. The van der Waals surface area contributed by atoms with E-state index in [2.05, 4.69) is 10.3 Å². The van der Waals surface area contributed by atoms with Gasteiger partial charge in [0, 0.05) is 15.7 Å². The minimum Gasteiger partial charge on any atom is -0.507 e. The predicted molar refractivity (Wildman–Crippen MR) is 99.0 cm³/mol. The Morgan fingerprint density at radius 3 is 2.54 bits per heavy atom. The Morgan fingerprint density at radius 2 is 1.85 bits per heavy atom. The van der Waals surface area contributed by atoms with Crippen molar-refractivity contribution < 1.29 is 19.8 Å². The van der Waals surface area contributed by atoms with Gasteiger partial charge in [-0.1, -0.05) is 53.7 Å². The lowest BCUT2D eigenvalue weighted by Crippen LogP contribution is -2.30. The van der Waals surface area contributed by atoms with Crippen LogP contribution in [-0.2, 0) is 4.79 Å². The van der Waals surface area contributed by atoms with Gasteiger partial charge in [0.15, 0.2) is 0 Å². The van der Waals surface area contributed by atoms with Crippen LogP contribution in [0.15, 0.2) is 58.3 Å². The van der Waals surface area contributed by atoms with Crippen molar-refractivity contribution in [3.63, 3.8) is 0 Å². The predicted octanol–water partition coefficient (Wildman–Crippen LogP) is 3.56. The van der Waals surface area contributed by atoms with Crippen molar-refractivity contribution in [2.24, 2.45) is 0 Å². The Balaban J connectivity index is 2.19. The molecule has 3 aromatic rings. The van der Waals surface area contributed by atoms with Gasteiger partial charge in [-0.15, -0.1) is 0 Å². The Bertz CT molecular complexity index is 995. The summed E-state index contributed by atoms with van der Waals surface area (Å²) in [6.07, 6.45) is 0. The van der Waals surface area contributed by atoms with Crippen LogP contribution in [0.25, 0.3) is 10.8 Å². The van der Waals surface area contributed by atoms with Crippen molar-refractivity contribution in [2.75, 3.05) is 6.54 Å². The van der Waals surface area contributed by atoms with E-state index in [0.29, 0.717) is 15.7 Å². The molecule has 0 saturated heterocycles. The largest absolute Gasteiger partial charge is 0.507 e. The molecular weight excluding hydrogens is 376 g/mol. The van der Waals surface area contributed by atoms with Crippen molar-refractivity contribution in [1.29, 1.82) is 0 Å². The van der Waals surface area contributed by atoms with E-state index in [1.165, 1.54) is 17.8 Å². The molecule has 0 bridgehead atoms. The highest BCUT2D eigenvalue weighted by Gasteiger charge is 2.22. The van der Waals surface area contributed by atoms with Crippen molar-refractivity contribution in [2.45, 2.75) is 9.79 Å². The standard InChI is InChI=1S/C18H13ClN2O4S/c19-17-11-7-4-8-12(22)14(11)16(26-10-5-2-1-3-6-10)15(21-17)18(25)20-9-13(23)24/h1-8,22H,9H2,(H,20,25)(H,23,24). The van der Waals surface area contributed by atoms with E-state index in [9.17, 15) is 14.7 Å². The molecule has 0 atom stereocenters.